The van der Waals surface area contributed by atoms with Crippen molar-refractivity contribution in [2.24, 2.45) is 5.92 Å². The molecule has 1 aliphatic rings. The van der Waals surface area contributed by atoms with Crippen LogP contribution >= 0.6 is 23.1 Å². The van der Waals surface area contributed by atoms with Crippen LogP contribution in [-0.2, 0) is 14.3 Å². The molecule has 0 amide bonds. The lowest BCUT2D eigenvalue weighted by Gasteiger charge is -2.38. The topological polar surface area (TPSA) is 76.6 Å². The Morgan fingerprint density at radius 3 is 2.71 bits per heavy atom. The molecule has 0 radical (unpaired) electrons. The summed E-state index contributed by atoms with van der Waals surface area (Å²) in [4.78, 5) is 18.5. The van der Waals surface area contributed by atoms with E-state index >= 15 is 0 Å². The summed E-state index contributed by atoms with van der Waals surface area (Å²) in [6.45, 7) is 8.99. The fourth-order valence-electron chi connectivity index (χ4n) is 3.87. The van der Waals surface area contributed by atoms with Crippen molar-refractivity contribution in [3.8, 4) is 0 Å². The Kier molecular flexibility index (Phi) is 8.51. The number of benzene rings is 1. The second kappa shape index (κ2) is 11.1. The summed E-state index contributed by atoms with van der Waals surface area (Å²) in [6, 6.07) is 6.76. The summed E-state index contributed by atoms with van der Waals surface area (Å²) < 4.78 is 14.5. The highest BCUT2D eigenvalue weighted by molar-refractivity contribution is 7.10. The van der Waals surface area contributed by atoms with E-state index in [1.165, 1.54) is 18.6 Å². The van der Waals surface area contributed by atoms with Gasteiger partial charge in [-0.1, -0.05) is 26.8 Å². The fourth-order valence-corrected chi connectivity index (χ4v) is 4.59. The first kappa shape index (κ1) is 23.8. The smallest absolute Gasteiger partial charge is 0.306 e. The Morgan fingerprint density at radius 1 is 1.35 bits per heavy atom. The molecule has 9 heteroatoms. The van der Waals surface area contributed by atoms with Crippen LogP contribution in [0.25, 0.3) is 0 Å². The van der Waals surface area contributed by atoms with Crippen LogP contribution in [0.1, 0.15) is 51.5 Å². The molecule has 1 fully saturated rings. The molecule has 7 nitrogen and oxygen atoms in total. The summed E-state index contributed by atoms with van der Waals surface area (Å²) in [7, 11) is 1.42. The lowest BCUT2D eigenvalue weighted by Crippen LogP contribution is -2.42. The number of hydrogen-bond acceptors (Lipinski definition) is 8. The number of halogens is 1. The lowest BCUT2D eigenvalue weighted by atomic mass is 9.95. The molecule has 31 heavy (non-hydrogen) atoms. The quantitative estimate of drug-likeness (QED) is 0.506. The Morgan fingerprint density at radius 2 is 2.10 bits per heavy atom. The Bertz CT molecular complexity index is 870. The standard InChI is InChI=1S/C22H31ClN4O3S/c1-14(2)13-27(17-7-9-30-10-8-17)19-6-5-16(15(3)11-20(28)29-4)12-18(19)24-22-25-21(23)26-31-22/h5-6,12,14-15,17H,7-11,13H2,1-4H3,(H,24,25,26)/t15-/m1/s1. The Hall–Kier alpha value is -1.90. The third kappa shape index (κ3) is 6.54. The first-order valence-corrected chi connectivity index (χ1v) is 11.8. The van der Waals surface area contributed by atoms with Crippen molar-refractivity contribution >= 4 is 45.6 Å². The zero-order valence-corrected chi connectivity index (χ0v) is 20.1. The van der Waals surface area contributed by atoms with E-state index in [-0.39, 0.29) is 17.2 Å². The molecule has 1 aromatic carbocycles. The molecule has 0 saturated carbocycles. The van der Waals surface area contributed by atoms with Crippen LogP contribution in [-0.4, -0.2) is 48.2 Å². The first-order valence-electron chi connectivity index (χ1n) is 10.7. The number of ether oxygens (including phenoxy) is 2. The normalized spacial score (nSPS) is 15.7. The van der Waals surface area contributed by atoms with Crippen molar-refractivity contribution in [3.63, 3.8) is 0 Å². The Balaban J connectivity index is 1.97. The van der Waals surface area contributed by atoms with Crippen molar-refractivity contribution in [2.75, 3.05) is 37.1 Å². The van der Waals surface area contributed by atoms with Gasteiger partial charge >= 0.3 is 5.97 Å². The molecule has 0 bridgehead atoms. The van der Waals surface area contributed by atoms with Crippen LogP contribution in [0, 0.1) is 5.92 Å². The molecule has 1 aliphatic heterocycles. The average molecular weight is 467 g/mol. The first-order chi connectivity index (χ1) is 14.9. The van der Waals surface area contributed by atoms with E-state index in [0.717, 1.165) is 49.5 Å². The molecule has 2 aromatic rings. The molecule has 1 saturated heterocycles. The largest absolute Gasteiger partial charge is 0.469 e. The van der Waals surface area contributed by atoms with Crippen molar-refractivity contribution in [3.05, 3.63) is 29.0 Å². The highest BCUT2D eigenvalue weighted by Crippen LogP contribution is 2.36. The number of rotatable bonds is 9. The number of methoxy groups -OCH3 is 1. The minimum Gasteiger partial charge on any atom is -0.469 e. The van der Waals surface area contributed by atoms with Gasteiger partial charge < -0.3 is 19.7 Å². The number of aromatic nitrogens is 2. The van der Waals surface area contributed by atoms with Crippen LogP contribution in [0.3, 0.4) is 0 Å². The van der Waals surface area contributed by atoms with Crippen LogP contribution in [0.2, 0.25) is 5.28 Å². The van der Waals surface area contributed by atoms with Crippen LogP contribution in [0.4, 0.5) is 16.5 Å². The summed E-state index contributed by atoms with van der Waals surface area (Å²) in [6.07, 6.45) is 2.32. The van der Waals surface area contributed by atoms with Gasteiger partial charge in [-0.3, -0.25) is 4.79 Å². The zero-order chi connectivity index (χ0) is 22.4. The molecular weight excluding hydrogens is 436 g/mol. The number of esters is 1. The number of hydrogen-bond donors (Lipinski definition) is 1. The number of carbonyl (C=O) groups excluding carboxylic acids is 1. The maximum absolute atomic E-state index is 11.8. The van der Waals surface area contributed by atoms with E-state index in [2.05, 4.69) is 51.6 Å². The van der Waals surface area contributed by atoms with Gasteiger partial charge in [0.25, 0.3) is 0 Å². The van der Waals surface area contributed by atoms with Crippen molar-refractivity contribution in [2.45, 2.75) is 52.0 Å². The molecule has 1 N–H and O–H groups in total. The van der Waals surface area contributed by atoms with E-state index in [0.29, 0.717) is 23.5 Å². The fraction of sp³-hybridized carbons (Fsp3) is 0.591. The van der Waals surface area contributed by atoms with Gasteiger partial charge in [-0.25, -0.2) is 0 Å². The van der Waals surface area contributed by atoms with Gasteiger partial charge in [0.1, 0.15) is 0 Å². The van der Waals surface area contributed by atoms with Crippen LogP contribution in [0.5, 0.6) is 0 Å². The van der Waals surface area contributed by atoms with E-state index < -0.39 is 0 Å². The van der Waals surface area contributed by atoms with Gasteiger partial charge in [0.15, 0.2) is 0 Å². The third-order valence-corrected chi connectivity index (χ3v) is 6.34. The average Bonchev–Trinajstić information content (AvgIpc) is 3.17. The molecule has 1 aromatic heterocycles. The van der Waals surface area contributed by atoms with Gasteiger partial charge in [0.2, 0.25) is 10.4 Å². The molecule has 3 rings (SSSR count). The lowest BCUT2D eigenvalue weighted by molar-refractivity contribution is -0.140. The van der Waals surface area contributed by atoms with Gasteiger partial charge in [0.05, 0.1) is 24.9 Å². The Labute approximate surface area is 193 Å². The van der Waals surface area contributed by atoms with E-state index in [9.17, 15) is 4.79 Å². The minimum atomic E-state index is -0.217. The highest BCUT2D eigenvalue weighted by atomic mass is 35.5. The zero-order valence-electron chi connectivity index (χ0n) is 18.6. The molecule has 170 valence electrons. The van der Waals surface area contributed by atoms with Gasteiger partial charge in [0, 0.05) is 37.3 Å². The maximum atomic E-state index is 11.8. The highest BCUT2D eigenvalue weighted by Gasteiger charge is 2.25. The summed E-state index contributed by atoms with van der Waals surface area (Å²) in [5.41, 5.74) is 3.11. The summed E-state index contributed by atoms with van der Waals surface area (Å²) in [5.74, 6) is 0.317. The number of nitrogens with one attached hydrogen (secondary N) is 1. The second-order valence-electron chi connectivity index (χ2n) is 8.34. The van der Waals surface area contributed by atoms with Crippen molar-refractivity contribution in [1.82, 2.24) is 9.36 Å². The van der Waals surface area contributed by atoms with E-state index in [1.807, 2.05) is 6.92 Å². The van der Waals surface area contributed by atoms with Crippen LogP contribution < -0.4 is 10.2 Å². The predicted molar refractivity (Wildman–Crippen MR) is 126 cm³/mol. The molecular formula is C22H31ClN4O3S. The van der Waals surface area contributed by atoms with E-state index in [1.54, 1.807) is 0 Å². The minimum absolute atomic E-state index is 0.0293. The number of carbonyl (C=O) groups is 1. The van der Waals surface area contributed by atoms with Crippen LogP contribution in [0.15, 0.2) is 18.2 Å². The molecule has 0 aliphatic carbocycles. The SMILES string of the molecule is COC(=O)C[C@@H](C)c1ccc(N(CC(C)C)C2CCOCC2)c(Nc2nc(Cl)ns2)c1. The maximum Gasteiger partial charge on any atom is 0.306 e. The van der Waals surface area contributed by atoms with Gasteiger partial charge in [-0.15, -0.1) is 0 Å². The van der Waals surface area contributed by atoms with E-state index in [4.69, 9.17) is 21.1 Å². The summed E-state index contributed by atoms with van der Waals surface area (Å²) >= 11 is 7.17. The molecule has 0 unspecified atom stereocenters. The molecule has 1 atom stereocenters. The predicted octanol–water partition coefficient (Wildman–Crippen LogP) is 5.24. The monoisotopic (exact) mass is 466 g/mol. The number of anilines is 3. The molecule has 0 spiro atoms. The van der Waals surface area contributed by atoms with Gasteiger partial charge in [-0.05, 0) is 54.0 Å². The third-order valence-electron chi connectivity index (χ3n) is 5.44. The number of nitrogens with zero attached hydrogens (tertiary/aromatic N) is 3. The second-order valence-corrected chi connectivity index (χ2v) is 9.43. The molecule has 2 heterocycles. The van der Waals surface area contributed by atoms with Crippen molar-refractivity contribution in [1.29, 1.82) is 0 Å². The van der Waals surface area contributed by atoms with Gasteiger partial charge in [-0.2, -0.15) is 9.36 Å². The summed E-state index contributed by atoms with van der Waals surface area (Å²) in [5, 5.41) is 4.29. The van der Waals surface area contributed by atoms with Crippen molar-refractivity contribution < 1.29 is 14.3 Å².